The number of nitrogens with zero attached hydrogens (tertiary/aromatic N) is 1. The summed E-state index contributed by atoms with van der Waals surface area (Å²) in [6, 6.07) is 3.55. The molecule has 2 aliphatic rings. The fourth-order valence-electron chi connectivity index (χ4n) is 3.16. The van der Waals surface area contributed by atoms with Gasteiger partial charge in [0.1, 0.15) is 0 Å². The quantitative estimate of drug-likeness (QED) is 0.904. The van der Waals surface area contributed by atoms with Crippen molar-refractivity contribution in [3.05, 3.63) is 23.3 Å². The molecule has 3 rings (SSSR count). The van der Waals surface area contributed by atoms with Gasteiger partial charge in [-0.2, -0.15) is 4.31 Å². The Morgan fingerprint density at radius 3 is 2.95 bits per heavy atom. The maximum atomic E-state index is 13.0. The summed E-state index contributed by atoms with van der Waals surface area (Å²) in [5.74, 6) is 0. The average molecular weight is 310 g/mol. The number of ether oxygens (including phenoxy) is 1. The monoisotopic (exact) mass is 310 g/mol. The van der Waals surface area contributed by atoms with Gasteiger partial charge in [0.2, 0.25) is 10.0 Å². The molecule has 6 heteroatoms. The van der Waals surface area contributed by atoms with Gasteiger partial charge >= 0.3 is 0 Å². The second kappa shape index (κ2) is 5.59. The standard InChI is InChI=1S/C15H22N2O3S/c1-11-5-6-14(13-4-3-7-16-15(11)13)21(18,19)17-8-9-20-10-12(17)2/h5-6,12,16H,3-4,7-10H2,1-2H3. The van der Waals surface area contributed by atoms with E-state index in [1.165, 1.54) is 0 Å². The molecule has 1 aromatic carbocycles. The van der Waals surface area contributed by atoms with E-state index in [4.69, 9.17) is 4.74 Å². The Balaban J connectivity index is 2.07. The molecular formula is C15H22N2O3S. The molecule has 1 fully saturated rings. The van der Waals surface area contributed by atoms with Crippen molar-refractivity contribution in [1.29, 1.82) is 0 Å². The topological polar surface area (TPSA) is 58.6 Å². The Kier molecular flexibility index (Phi) is 3.94. The van der Waals surface area contributed by atoms with E-state index in [2.05, 4.69) is 5.32 Å². The summed E-state index contributed by atoms with van der Waals surface area (Å²) < 4.78 is 33.0. The maximum Gasteiger partial charge on any atom is 0.243 e. The van der Waals surface area contributed by atoms with Crippen LogP contribution in [0.1, 0.15) is 24.5 Å². The van der Waals surface area contributed by atoms with Gasteiger partial charge in [-0.25, -0.2) is 8.42 Å². The van der Waals surface area contributed by atoms with Crippen molar-refractivity contribution in [2.24, 2.45) is 0 Å². The summed E-state index contributed by atoms with van der Waals surface area (Å²) in [7, 11) is -3.46. The molecule has 2 aliphatic heterocycles. The molecule has 21 heavy (non-hydrogen) atoms. The largest absolute Gasteiger partial charge is 0.385 e. The Morgan fingerprint density at radius 1 is 1.38 bits per heavy atom. The van der Waals surface area contributed by atoms with E-state index in [1.54, 1.807) is 10.4 Å². The molecule has 2 heterocycles. The van der Waals surface area contributed by atoms with Crippen molar-refractivity contribution >= 4 is 15.7 Å². The van der Waals surface area contributed by atoms with E-state index < -0.39 is 10.0 Å². The highest BCUT2D eigenvalue weighted by Gasteiger charge is 2.34. The second-order valence-corrected chi connectivity index (χ2v) is 7.66. The smallest absolute Gasteiger partial charge is 0.243 e. The minimum absolute atomic E-state index is 0.114. The van der Waals surface area contributed by atoms with Gasteiger partial charge in [0.25, 0.3) is 0 Å². The lowest BCUT2D eigenvalue weighted by Gasteiger charge is -2.33. The van der Waals surface area contributed by atoms with Crippen LogP contribution >= 0.6 is 0 Å². The summed E-state index contributed by atoms with van der Waals surface area (Å²) in [5.41, 5.74) is 3.06. The van der Waals surface area contributed by atoms with Crippen molar-refractivity contribution in [1.82, 2.24) is 4.31 Å². The van der Waals surface area contributed by atoms with Crippen LogP contribution in [0, 0.1) is 6.92 Å². The lowest BCUT2D eigenvalue weighted by molar-refractivity contribution is 0.0392. The minimum Gasteiger partial charge on any atom is -0.385 e. The summed E-state index contributed by atoms with van der Waals surface area (Å²) in [4.78, 5) is 0.462. The van der Waals surface area contributed by atoms with Crippen LogP contribution in [0.4, 0.5) is 5.69 Å². The highest BCUT2D eigenvalue weighted by atomic mass is 32.2. The van der Waals surface area contributed by atoms with Crippen molar-refractivity contribution in [3.8, 4) is 0 Å². The van der Waals surface area contributed by atoms with Crippen LogP contribution in [-0.4, -0.2) is 45.1 Å². The van der Waals surface area contributed by atoms with E-state index in [1.807, 2.05) is 19.9 Å². The molecule has 0 amide bonds. The lowest BCUT2D eigenvalue weighted by Crippen LogP contribution is -2.47. The summed E-state index contributed by atoms with van der Waals surface area (Å²) in [6.07, 6.45) is 1.79. The van der Waals surface area contributed by atoms with Gasteiger partial charge in [0, 0.05) is 24.8 Å². The number of nitrogens with one attached hydrogen (secondary N) is 1. The molecule has 0 spiro atoms. The molecule has 1 unspecified atom stereocenters. The van der Waals surface area contributed by atoms with Crippen LogP contribution in [0.25, 0.3) is 0 Å². The van der Waals surface area contributed by atoms with Crippen LogP contribution < -0.4 is 5.32 Å². The van der Waals surface area contributed by atoms with Crippen LogP contribution in [0.5, 0.6) is 0 Å². The molecule has 5 nitrogen and oxygen atoms in total. The zero-order valence-corrected chi connectivity index (χ0v) is 13.4. The molecule has 0 bridgehead atoms. The first-order valence-electron chi connectivity index (χ1n) is 7.48. The third kappa shape index (κ3) is 2.56. The predicted octanol–water partition coefficient (Wildman–Crippen LogP) is 1.76. The number of rotatable bonds is 2. The first-order chi connectivity index (χ1) is 10.0. The molecule has 0 aromatic heterocycles. The molecular weight excluding hydrogens is 288 g/mol. The molecule has 1 atom stereocenters. The summed E-state index contributed by atoms with van der Waals surface area (Å²) in [6.45, 7) is 6.19. The van der Waals surface area contributed by atoms with Gasteiger partial charge in [0.15, 0.2) is 0 Å². The van der Waals surface area contributed by atoms with Crippen LogP contribution in [-0.2, 0) is 21.2 Å². The number of hydrogen-bond acceptors (Lipinski definition) is 4. The highest BCUT2D eigenvalue weighted by Crippen LogP contribution is 2.33. The number of anilines is 1. The third-order valence-electron chi connectivity index (χ3n) is 4.28. The predicted molar refractivity (Wildman–Crippen MR) is 82.2 cm³/mol. The SMILES string of the molecule is Cc1ccc(S(=O)(=O)N2CCOCC2C)c2c1NCCC2. The Bertz CT molecular complexity index is 643. The maximum absolute atomic E-state index is 13.0. The van der Waals surface area contributed by atoms with Crippen LogP contribution in [0.2, 0.25) is 0 Å². The van der Waals surface area contributed by atoms with Gasteiger partial charge in [-0.1, -0.05) is 6.07 Å². The Labute approximate surface area is 126 Å². The van der Waals surface area contributed by atoms with E-state index in [-0.39, 0.29) is 6.04 Å². The number of benzene rings is 1. The molecule has 0 saturated carbocycles. The molecule has 116 valence electrons. The lowest BCUT2D eigenvalue weighted by atomic mass is 10.00. The van der Waals surface area contributed by atoms with Gasteiger partial charge in [0.05, 0.1) is 18.1 Å². The average Bonchev–Trinajstić information content (AvgIpc) is 2.48. The fourth-order valence-corrected chi connectivity index (χ4v) is 5.01. The Morgan fingerprint density at radius 2 is 2.19 bits per heavy atom. The van der Waals surface area contributed by atoms with Gasteiger partial charge in [-0.3, -0.25) is 0 Å². The number of fused-ring (bicyclic) bond motifs is 1. The number of hydrogen-bond donors (Lipinski definition) is 1. The second-order valence-electron chi connectivity index (χ2n) is 5.80. The van der Waals surface area contributed by atoms with E-state index in [9.17, 15) is 8.42 Å². The Hall–Kier alpha value is -1.11. The number of sulfonamides is 1. The number of morpholine rings is 1. The molecule has 1 saturated heterocycles. The van der Waals surface area contributed by atoms with Crippen molar-refractivity contribution in [2.75, 3.05) is 31.6 Å². The van der Waals surface area contributed by atoms with Crippen LogP contribution in [0.3, 0.4) is 0 Å². The van der Waals surface area contributed by atoms with Crippen molar-refractivity contribution in [3.63, 3.8) is 0 Å². The van der Waals surface area contributed by atoms with Crippen molar-refractivity contribution < 1.29 is 13.2 Å². The fraction of sp³-hybridized carbons (Fsp3) is 0.600. The molecule has 1 aromatic rings. The highest BCUT2D eigenvalue weighted by molar-refractivity contribution is 7.89. The van der Waals surface area contributed by atoms with Crippen molar-refractivity contribution in [2.45, 2.75) is 37.6 Å². The van der Waals surface area contributed by atoms with Crippen LogP contribution in [0.15, 0.2) is 17.0 Å². The van der Waals surface area contributed by atoms with Gasteiger partial charge in [-0.05, 0) is 43.9 Å². The van der Waals surface area contributed by atoms with E-state index in [0.717, 1.165) is 36.2 Å². The third-order valence-corrected chi connectivity index (χ3v) is 6.38. The van der Waals surface area contributed by atoms with Gasteiger partial charge in [-0.15, -0.1) is 0 Å². The summed E-state index contributed by atoms with van der Waals surface area (Å²) >= 11 is 0. The molecule has 0 radical (unpaired) electrons. The molecule has 0 aliphatic carbocycles. The first-order valence-corrected chi connectivity index (χ1v) is 8.92. The molecule has 1 N–H and O–H groups in total. The first kappa shape index (κ1) is 14.8. The normalized spacial score (nSPS) is 23.4. The van der Waals surface area contributed by atoms with E-state index >= 15 is 0 Å². The van der Waals surface area contributed by atoms with E-state index in [0.29, 0.717) is 24.7 Å². The minimum atomic E-state index is -3.46. The zero-order chi connectivity index (χ0) is 15.0. The van der Waals surface area contributed by atoms with Gasteiger partial charge < -0.3 is 10.1 Å². The summed E-state index contributed by atoms with van der Waals surface area (Å²) in [5, 5.41) is 3.35. The zero-order valence-electron chi connectivity index (χ0n) is 12.6. The number of aryl methyl sites for hydroxylation is 1.